The SMILES string of the molecule is Cc1cc(-c2[nH]c3ccc(C4CCN(C(=O)C5CC(=O)N(C)C5)CC4)cc3c2C(C)C)cc(C)n1. The molecule has 0 bridgehead atoms. The maximum atomic E-state index is 13.0. The lowest BCUT2D eigenvalue weighted by Gasteiger charge is -2.33. The van der Waals surface area contributed by atoms with Gasteiger partial charge in [-0.2, -0.15) is 0 Å². The average Bonchev–Trinajstić information content (AvgIpc) is 3.37. The monoisotopic (exact) mass is 472 g/mol. The molecule has 4 heterocycles. The second-order valence-corrected chi connectivity index (χ2v) is 10.8. The van der Waals surface area contributed by atoms with Crippen LogP contribution in [0.2, 0.25) is 0 Å². The van der Waals surface area contributed by atoms with E-state index in [0.717, 1.165) is 37.3 Å². The molecule has 1 atom stereocenters. The minimum atomic E-state index is -0.173. The fourth-order valence-corrected chi connectivity index (χ4v) is 6.01. The fraction of sp³-hybridized carbons (Fsp3) is 0.483. The Morgan fingerprint density at radius 2 is 1.77 bits per heavy atom. The minimum Gasteiger partial charge on any atom is -0.354 e. The minimum absolute atomic E-state index is 0.0791. The molecular weight excluding hydrogens is 436 g/mol. The highest BCUT2D eigenvalue weighted by molar-refractivity contribution is 5.92. The Kier molecular flexibility index (Phi) is 6.16. The lowest BCUT2D eigenvalue weighted by molar-refractivity contribution is -0.136. The maximum absolute atomic E-state index is 13.0. The summed E-state index contributed by atoms with van der Waals surface area (Å²) in [5.41, 5.74) is 8.33. The van der Waals surface area contributed by atoms with Crippen LogP contribution in [0, 0.1) is 19.8 Å². The summed E-state index contributed by atoms with van der Waals surface area (Å²) in [4.78, 5) is 36.7. The van der Waals surface area contributed by atoms with Crippen molar-refractivity contribution in [2.24, 2.45) is 5.92 Å². The van der Waals surface area contributed by atoms with E-state index in [1.165, 1.54) is 33.3 Å². The molecule has 35 heavy (non-hydrogen) atoms. The molecule has 0 radical (unpaired) electrons. The number of amides is 2. The average molecular weight is 473 g/mol. The first-order chi connectivity index (χ1) is 16.7. The zero-order valence-electron chi connectivity index (χ0n) is 21.5. The topological polar surface area (TPSA) is 69.3 Å². The Hall–Kier alpha value is -3.15. The van der Waals surface area contributed by atoms with Crippen LogP contribution in [-0.2, 0) is 9.59 Å². The smallest absolute Gasteiger partial charge is 0.227 e. The first-order valence-electron chi connectivity index (χ1n) is 12.8. The molecule has 6 heteroatoms. The summed E-state index contributed by atoms with van der Waals surface area (Å²) in [5.74, 6) is 0.884. The quantitative estimate of drug-likeness (QED) is 0.571. The number of piperidine rings is 1. The van der Waals surface area contributed by atoms with Gasteiger partial charge in [0.1, 0.15) is 0 Å². The Balaban J connectivity index is 1.38. The van der Waals surface area contributed by atoms with Crippen molar-refractivity contribution in [3.05, 3.63) is 52.8 Å². The molecule has 0 aliphatic carbocycles. The maximum Gasteiger partial charge on any atom is 0.227 e. The van der Waals surface area contributed by atoms with Crippen LogP contribution in [0.25, 0.3) is 22.2 Å². The lowest BCUT2D eigenvalue weighted by atomic mass is 9.87. The van der Waals surface area contributed by atoms with E-state index in [9.17, 15) is 9.59 Å². The number of fused-ring (bicyclic) bond motifs is 1. The van der Waals surface area contributed by atoms with Crippen LogP contribution in [-0.4, -0.2) is 58.3 Å². The molecule has 0 saturated carbocycles. The molecular formula is C29H36N4O2. The van der Waals surface area contributed by atoms with Gasteiger partial charge in [-0.3, -0.25) is 14.6 Å². The van der Waals surface area contributed by atoms with E-state index in [-0.39, 0.29) is 17.7 Å². The Morgan fingerprint density at radius 1 is 1.09 bits per heavy atom. The zero-order valence-corrected chi connectivity index (χ0v) is 21.5. The molecule has 2 aliphatic rings. The third kappa shape index (κ3) is 4.46. The van der Waals surface area contributed by atoms with Gasteiger partial charge < -0.3 is 14.8 Å². The highest BCUT2D eigenvalue weighted by Crippen LogP contribution is 2.38. The largest absolute Gasteiger partial charge is 0.354 e. The van der Waals surface area contributed by atoms with E-state index in [2.05, 4.69) is 54.1 Å². The number of pyridine rings is 1. The Morgan fingerprint density at radius 3 is 2.37 bits per heavy atom. The van der Waals surface area contributed by atoms with Crippen LogP contribution < -0.4 is 0 Å². The van der Waals surface area contributed by atoms with Crippen LogP contribution in [0.1, 0.15) is 67.5 Å². The highest BCUT2D eigenvalue weighted by Gasteiger charge is 2.36. The molecule has 2 fully saturated rings. The lowest BCUT2D eigenvalue weighted by Crippen LogP contribution is -2.42. The van der Waals surface area contributed by atoms with E-state index in [4.69, 9.17) is 0 Å². The number of hydrogen-bond donors (Lipinski definition) is 1. The number of benzene rings is 1. The fourth-order valence-electron chi connectivity index (χ4n) is 6.01. The molecule has 1 aromatic carbocycles. The molecule has 2 aromatic heterocycles. The molecule has 1 N–H and O–H groups in total. The van der Waals surface area contributed by atoms with Gasteiger partial charge in [-0.05, 0) is 73.9 Å². The number of nitrogens with zero attached hydrogens (tertiary/aromatic N) is 3. The molecule has 6 nitrogen and oxygen atoms in total. The van der Waals surface area contributed by atoms with Crippen molar-refractivity contribution >= 4 is 22.7 Å². The van der Waals surface area contributed by atoms with E-state index in [1.54, 1.807) is 11.9 Å². The van der Waals surface area contributed by atoms with E-state index < -0.39 is 0 Å². The van der Waals surface area contributed by atoms with Gasteiger partial charge in [-0.15, -0.1) is 0 Å². The van der Waals surface area contributed by atoms with Crippen molar-refractivity contribution in [2.75, 3.05) is 26.7 Å². The highest BCUT2D eigenvalue weighted by atomic mass is 16.2. The number of aromatic amines is 1. The van der Waals surface area contributed by atoms with Gasteiger partial charge in [0.15, 0.2) is 0 Å². The summed E-state index contributed by atoms with van der Waals surface area (Å²) in [6.45, 7) is 10.7. The summed E-state index contributed by atoms with van der Waals surface area (Å²) < 4.78 is 0. The van der Waals surface area contributed by atoms with Crippen molar-refractivity contribution < 1.29 is 9.59 Å². The normalized spacial score (nSPS) is 19.4. The number of carbonyl (C=O) groups excluding carboxylic acids is 2. The third-order valence-corrected chi connectivity index (χ3v) is 7.78. The zero-order chi connectivity index (χ0) is 24.9. The molecule has 2 aliphatic heterocycles. The van der Waals surface area contributed by atoms with E-state index in [1.807, 2.05) is 18.7 Å². The number of nitrogens with one attached hydrogen (secondary N) is 1. The Bertz CT molecular complexity index is 1260. The summed E-state index contributed by atoms with van der Waals surface area (Å²) >= 11 is 0. The van der Waals surface area contributed by atoms with Gasteiger partial charge in [0.2, 0.25) is 11.8 Å². The van der Waals surface area contributed by atoms with Crippen molar-refractivity contribution in [3.63, 3.8) is 0 Å². The predicted octanol–water partition coefficient (Wildman–Crippen LogP) is 5.15. The van der Waals surface area contributed by atoms with Crippen LogP contribution in [0.4, 0.5) is 0 Å². The van der Waals surface area contributed by atoms with Crippen LogP contribution in [0.15, 0.2) is 30.3 Å². The number of rotatable bonds is 4. The molecule has 0 spiro atoms. The number of aryl methyl sites for hydroxylation is 2. The van der Waals surface area contributed by atoms with Gasteiger partial charge in [0.05, 0.1) is 11.6 Å². The summed E-state index contributed by atoms with van der Waals surface area (Å²) in [5, 5.41) is 1.30. The summed E-state index contributed by atoms with van der Waals surface area (Å²) in [6.07, 6.45) is 2.28. The number of likely N-dealkylation sites (tertiary alicyclic amines) is 2. The Labute approximate surface area is 207 Å². The predicted molar refractivity (Wildman–Crippen MR) is 139 cm³/mol. The summed E-state index contributed by atoms with van der Waals surface area (Å²) in [6, 6.07) is 11.2. The van der Waals surface area contributed by atoms with Crippen molar-refractivity contribution in [2.45, 2.75) is 58.8 Å². The molecule has 2 saturated heterocycles. The van der Waals surface area contributed by atoms with Crippen molar-refractivity contribution in [1.29, 1.82) is 0 Å². The summed E-state index contributed by atoms with van der Waals surface area (Å²) in [7, 11) is 1.78. The van der Waals surface area contributed by atoms with Gasteiger partial charge in [0, 0.05) is 61.0 Å². The number of carbonyl (C=O) groups is 2. The van der Waals surface area contributed by atoms with Crippen LogP contribution in [0.5, 0.6) is 0 Å². The third-order valence-electron chi connectivity index (χ3n) is 7.78. The first-order valence-corrected chi connectivity index (χ1v) is 12.8. The van der Waals surface area contributed by atoms with Crippen LogP contribution in [0.3, 0.4) is 0 Å². The van der Waals surface area contributed by atoms with Gasteiger partial charge in [-0.1, -0.05) is 19.9 Å². The second-order valence-electron chi connectivity index (χ2n) is 10.8. The van der Waals surface area contributed by atoms with Gasteiger partial charge >= 0.3 is 0 Å². The van der Waals surface area contributed by atoms with Crippen molar-refractivity contribution in [1.82, 2.24) is 19.8 Å². The number of H-pyrrole nitrogens is 1. The molecule has 2 amide bonds. The van der Waals surface area contributed by atoms with E-state index in [0.29, 0.717) is 24.8 Å². The number of hydrogen-bond acceptors (Lipinski definition) is 3. The van der Waals surface area contributed by atoms with Gasteiger partial charge in [0.25, 0.3) is 0 Å². The van der Waals surface area contributed by atoms with Crippen molar-refractivity contribution in [3.8, 4) is 11.3 Å². The standard InChI is InChI=1S/C29H36N4O2/c1-17(2)27-24-14-21(6-7-25(24)31-28(27)22-12-18(3)30-19(4)13-22)20-8-10-33(11-9-20)29(35)23-15-26(34)32(5)16-23/h6-7,12-14,17,20,23,31H,8-11,15-16H2,1-5H3. The molecule has 3 aromatic rings. The molecule has 1 unspecified atom stereocenters. The van der Waals surface area contributed by atoms with E-state index >= 15 is 0 Å². The molecule has 5 rings (SSSR count). The molecule has 184 valence electrons. The van der Waals surface area contributed by atoms with Gasteiger partial charge in [-0.25, -0.2) is 0 Å². The van der Waals surface area contributed by atoms with Crippen LogP contribution >= 0.6 is 0 Å². The number of aromatic nitrogens is 2. The second kappa shape index (κ2) is 9.14. The first kappa shape index (κ1) is 23.6.